The van der Waals surface area contributed by atoms with E-state index in [1.807, 2.05) is 19.1 Å². The Balaban J connectivity index is 3.14. The van der Waals surface area contributed by atoms with E-state index < -0.39 is 8.32 Å². The molecule has 0 aliphatic heterocycles. The van der Waals surface area contributed by atoms with Crippen LogP contribution in [0.2, 0.25) is 18.1 Å². The highest BCUT2D eigenvalue weighted by Gasteiger charge is 2.39. The summed E-state index contributed by atoms with van der Waals surface area (Å²) in [5, 5.41) is 9.58. The average Bonchev–Trinajstić information content (AvgIpc) is 2.21. The first-order valence-electron chi connectivity index (χ1n) is 6.18. The molecule has 0 bridgehead atoms. The van der Waals surface area contributed by atoms with Gasteiger partial charge in [0.15, 0.2) is 0 Å². The summed E-state index contributed by atoms with van der Waals surface area (Å²) in [4.78, 5) is 0. The van der Waals surface area contributed by atoms with Gasteiger partial charge < -0.3 is 9.53 Å². The quantitative estimate of drug-likeness (QED) is 0.818. The predicted octanol–water partition coefficient (Wildman–Crippen LogP) is 4.63. The van der Waals surface area contributed by atoms with Crippen LogP contribution in [0, 0.1) is 6.92 Å². The summed E-state index contributed by atoms with van der Waals surface area (Å²) in [6.07, 6.45) is 0. The van der Waals surface area contributed by atoms with Gasteiger partial charge in [-0.05, 0) is 48.3 Å². The van der Waals surface area contributed by atoms with Crippen LogP contribution in [0.1, 0.15) is 31.9 Å². The molecule has 0 aliphatic carbocycles. The highest BCUT2D eigenvalue weighted by atomic mass is 79.9. The summed E-state index contributed by atoms with van der Waals surface area (Å²) in [7, 11) is -1.83. The summed E-state index contributed by atoms with van der Waals surface area (Å²) in [6, 6.07) is 3.93. The molecule has 4 heteroatoms. The zero-order valence-electron chi connectivity index (χ0n) is 12.1. The molecule has 1 N–H and O–H groups in total. The maximum atomic E-state index is 9.41. The Morgan fingerprint density at radius 3 is 2.28 bits per heavy atom. The van der Waals surface area contributed by atoms with Gasteiger partial charge in [-0.2, -0.15) is 0 Å². The lowest BCUT2D eigenvalue weighted by molar-refractivity contribution is 0.279. The molecule has 0 heterocycles. The molecule has 1 aromatic rings. The van der Waals surface area contributed by atoms with Crippen LogP contribution < -0.4 is 4.43 Å². The summed E-state index contributed by atoms with van der Waals surface area (Å²) in [5.74, 6) is 0.897. The van der Waals surface area contributed by atoms with E-state index in [0.717, 1.165) is 21.3 Å². The number of rotatable bonds is 3. The Hall–Kier alpha value is -0.323. The Labute approximate surface area is 120 Å². The molecule has 102 valence electrons. The minimum Gasteiger partial charge on any atom is -0.543 e. The molecular weight excluding hydrogens is 308 g/mol. The third-order valence-electron chi connectivity index (χ3n) is 3.82. The predicted molar refractivity (Wildman–Crippen MR) is 82.6 cm³/mol. The van der Waals surface area contributed by atoms with E-state index in [2.05, 4.69) is 49.8 Å². The van der Waals surface area contributed by atoms with Crippen LogP contribution in [-0.4, -0.2) is 13.4 Å². The van der Waals surface area contributed by atoms with Gasteiger partial charge in [0.25, 0.3) is 0 Å². The van der Waals surface area contributed by atoms with Crippen molar-refractivity contribution in [2.75, 3.05) is 0 Å². The Morgan fingerprint density at radius 1 is 1.28 bits per heavy atom. The third kappa shape index (κ3) is 3.16. The minimum absolute atomic E-state index is 0.0289. The maximum Gasteiger partial charge on any atom is 0.250 e. The van der Waals surface area contributed by atoms with E-state index in [4.69, 9.17) is 4.43 Å². The van der Waals surface area contributed by atoms with Crippen molar-refractivity contribution < 1.29 is 9.53 Å². The second kappa shape index (κ2) is 5.35. The molecule has 0 aliphatic rings. The van der Waals surface area contributed by atoms with Crippen LogP contribution in [0.3, 0.4) is 0 Å². The number of hydrogen-bond acceptors (Lipinski definition) is 2. The summed E-state index contributed by atoms with van der Waals surface area (Å²) in [5.41, 5.74) is 1.93. The normalized spacial score (nSPS) is 12.7. The van der Waals surface area contributed by atoms with Gasteiger partial charge in [-0.3, -0.25) is 0 Å². The van der Waals surface area contributed by atoms with E-state index in [0.29, 0.717) is 0 Å². The molecule has 0 fully saturated rings. The zero-order chi connectivity index (χ0) is 14.1. The van der Waals surface area contributed by atoms with Crippen molar-refractivity contribution in [1.29, 1.82) is 0 Å². The van der Waals surface area contributed by atoms with Gasteiger partial charge in [0.1, 0.15) is 5.75 Å². The average molecular weight is 331 g/mol. The van der Waals surface area contributed by atoms with Crippen LogP contribution in [-0.2, 0) is 6.61 Å². The molecule has 0 spiro atoms. The van der Waals surface area contributed by atoms with Gasteiger partial charge in [0.05, 0.1) is 6.61 Å². The van der Waals surface area contributed by atoms with Crippen molar-refractivity contribution in [2.24, 2.45) is 0 Å². The fourth-order valence-electron chi connectivity index (χ4n) is 1.43. The smallest absolute Gasteiger partial charge is 0.250 e. The van der Waals surface area contributed by atoms with E-state index in [1.165, 1.54) is 0 Å². The molecule has 0 aromatic heterocycles. The standard InChI is InChI=1S/C14H23BrO2Si/c1-10-11(9-16)12(15)7-8-13(10)17-18(5,6)14(2,3)4/h7-8,16H,9H2,1-6H3. The van der Waals surface area contributed by atoms with Crippen molar-refractivity contribution in [1.82, 2.24) is 0 Å². The fraction of sp³-hybridized carbons (Fsp3) is 0.571. The summed E-state index contributed by atoms with van der Waals surface area (Å²) < 4.78 is 7.24. The Bertz CT molecular complexity index is 436. The largest absolute Gasteiger partial charge is 0.543 e. The Morgan fingerprint density at radius 2 is 1.83 bits per heavy atom. The van der Waals surface area contributed by atoms with Crippen molar-refractivity contribution >= 4 is 24.2 Å². The fourth-order valence-corrected chi connectivity index (χ4v) is 3.07. The first-order valence-corrected chi connectivity index (χ1v) is 9.88. The number of aliphatic hydroxyl groups is 1. The van der Waals surface area contributed by atoms with Crippen LogP contribution >= 0.6 is 15.9 Å². The topological polar surface area (TPSA) is 29.5 Å². The molecular formula is C14H23BrO2Si. The lowest BCUT2D eigenvalue weighted by Crippen LogP contribution is -2.44. The van der Waals surface area contributed by atoms with Crippen LogP contribution in [0.15, 0.2) is 16.6 Å². The number of hydrogen-bond donors (Lipinski definition) is 1. The molecule has 1 aromatic carbocycles. The molecule has 0 unspecified atom stereocenters. The molecule has 2 nitrogen and oxygen atoms in total. The molecule has 0 radical (unpaired) electrons. The second-order valence-electron chi connectivity index (χ2n) is 6.17. The van der Waals surface area contributed by atoms with Gasteiger partial charge in [-0.15, -0.1) is 0 Å². The third-order valence-corrected chi connectivity index (χ3v) is 8.91. The van der Waals surface area contributed by atoms with Crippen LogP contribution in [0.4, 0.5) is 0 Å². The second-order valence-corrected chi connectivity index (χ2v) is 11.7. The van der Waals surface area contributed by atoms with Gasteiger partial charge in [0.2, 0.25) is 8.32 Å². The molecule has 1 rings (SSSR count). The van der Waals surface area contributed by atoms with E-state index in [-0.39, 0.29) is 11.6 Å². The molecule has 18 heavy (non-hydrogen) atoms. The zero-order valence-corrected chi connectivity index (χ0v) is 14.7. The monoisotopic (exact) mass is 330 g/mol. The van der Waals surface area contributed by atoms with Gasteiger partial charge in [0, 0.05) is 4.47 Å². The van der Waals surface area contributed by atoms with Gasteiger partial charge in [-0.1, -0.05) is 36.7 Å². The molecule has 0 atom stereocenters. The lowest BCUT2D eigenvalue weighted by atomic mass is 10.1. The van der Waals surface area contributed by atoms with E-state index >= 15 is 0 Å². The van der Waals surface area contributed by atoms with Crippen molar-refractivity contribution in [3.8, 4) is 5.75 Å². The number of halogens is 1. The Kier molecular flexibility index (Phi) is 4.68. The molecule has 0 saturated heterocycles. The van der Waals surface area contributed by atoms with Crippen molar-refractivity contribution in [3.05, 3.63) is 27.7 Å². The number of aliphatic hydroxyl groups excluding tert-OH is 1. The summed E-state index contributed by atoms with van der Waals surface area (Å²) in [6.45, 7) is 13.2. The van der Waals surface area contributed by atoms with Crippen LogP contribution in [0.25, 0.3) is 0 Å². The number of benzene rings is 1. The SMILES string of the molecule is Cc1c(O[Si](C)(C)C(C)(C)C)ccc(Br)c1CO. The molecule has 0 amide bonds. The molecule has 0 saturated carbocycles. The minimum atomic E-state index is -1.83. The first kappa shape index (κ1) is 15.7. The van der Waals surface area contributed by atoms with Crippen molar-refractivity contribution in [2.45, 2.75) is 52.4 Å². The maximum absolute atomic E-state index is 9.41. The van der Waals surface area contributed by atoms with Crippen molar-refractivity contribution in [3.63, 3.8) is 0 Å². The highest BCUT2D eigenvalue weighted by molar-refractivity contribution is 9.10. The van der Waals surface area contributed by atoms with E-state index in [1.54, 1.807) is 0 Å². The lowest BCUT2D eigenvalue weighted by Gasteiger charge is -2.37. The highest BCUT2D eigenvalue weighted by Crippen LogP contribution is 2.39. The van der Waals surface area contributed by atoms with Gasteiger partial charge in [-0.25, -0.2) is 0 Å². The van der Waals surface area contributed by atoms with Crippen LogP contribution in [0.5, 0.6) is 5.75 Å². The first-order chi connectivity index (χ1) is 8.10. The van der Waals surface area contributed by atoms with Gasteiger partial charge >= 0.3 is 0 Å². The van der Waals surface area contributed by atoms with E-state index in [9.17, 15) is 5.11 Å². The summed E-state index contributed by atoms with van der Waals surface area (Å²) >= 11 is 3.46.